The van der Waals surface area contributed by atoms with Crippen molar-refractivity contribution in [1.82, 2.24) is 0 Å². The van der Waals surface area contributed by atoms with E-state index in [2.05, 4.69) is 5.32 Å². The first-order chi connectivity index (χ1) is 11.5. The molecule has 0 aliphatic rings. The SMILES string of the molecule is Cc1ccccc1OCC(=O)OCC(=O)Nc1ccc(Cl)cc1Cl. The standard InChI is InChI=1S/C17H15Cl2NO4/c1-11-4-2-3-5-15(11)23-10-17(22)24-9-16(21)20-14-7-6-12(18)8-13(14)19/h2-8H,9-10H2,1H3,(H,20,21). The Bertz CT molecular complexity index is 749. The number of carbonyl (C=O) groups is 2. The van der Waals surface area contributed by atoms with Gasteiger partial charge in [-0.05, 0) is 36.8 Å². The number of rotatable bonds is 6. The first-order valence-corrected chi connectivity index (χ1v) is 7.80. The van der Waals surface area contributed by atoms with E-state index in [4.69, 9.17) is 32.7 Å². The Labute approximate surface area is 149 Å². The van der Waals surface area contributed by atoms with Crippen molar-refractivity contribution in [2.45, 2.75) is 6.92 Å². The highest BCUT2D eigenvalue weighted by Crippen LogP contribution is 2.25. The van der Waals surface area contributed by atoms with Gasteiger partial charge in [-0.25, -0.2) is 4.79 Å². The maximum atomic E-state index is 11.8. The molecule has 0 aliphatic carbocycles. The van der Waals surface area contributed by atoms with Gasteiger partial charge in [0.25, 0.3) is 5.91 Å². The van der Waals surface area contributed by atoms with Gasteiger partial charge in [0.05, 0.1) is 10.7 Å². The van der Waals surface area contributed by atoms with Crippen molar-refractivity contribution in [2.24, 2.45) is 0 Å². The summed E-state index contributed by atoms with van der Waals surface area (Å²) in [6, 6.07) is 11.9. The lowest BCUT2D eigenvalue weighted by molar-refractivity contribution is -0.149. The van der Waals surface area contributed by atoms with Crippen LogP contribution in [0, 0.1) is 6.92 Å². The van der Waals surface area contributed by atoms with Gasteiger partial charge in [0, 0.05) is 5.02 Å². The van der Waals surface area contributed by atoms with Crippen LogP contribution in [0.1, 0.15) is 5.56 Å². The van der Waals surface area contributed by atoms with E-state index in [1.54, 1.807) is 24.3 Å². The van der Waals surface area contributed by atoms with E-state index in [0.717, 1.165) is 5.56 Å². The molecule has 0 bridgehead atoms. The van der Waals surface area contributed by atoms with Crippen molar-refractivity contribution in [2.75, 3.05) is 18.5 Å². The number of carbonyl (C=O) groups excluding carboxylic acids is 2. The minimum atomic E-state index is -0.643. The van der Waals surface area contributed by atoms with Crippen LogP contribution in [0.5, 0.6) is 5.75 Å². The number of hydrogen-bond donors (Lipinski definition) is 1. The van der Waals surface area contributed by atoms with E-state index < -0.39 is 18.5 Å². The molecule has 0 unspecified atom stereocenters. The lowest BCUT2D eigenvalue weighted by Gasteiger charge is -2.10. The van der Waals surface area contributed by atoms with E-state index in [1.807, 2.05) is 19.1 Å². The average molecular weight is 368 g/mol. The molecule has 1 amide bonds. The number of para-hydroxylation sites is 1. The monoisotopic (exact) mass is 367 g/mol. The van der Waals surface area contributed by atoms with Crippen LogP contribution in [0.4, 0.5) is 5.69 Å². The molecule has 0 heterocycles. The molecule has 0 saturated heterocycles. The van der Waals surface area contributed by atoms with Gasteiger partial charge in [-0.1, -0.05) is 41.4 Å². The van der Waals surface area contributed by atoms with Crippen LogP contribution in [0.25, 0.3) is 0 Å². The molecule has 0 fully saturated rings. The zero-order valence-electron chi connectivity index (χ0n) is 12.8. The van der Waals surface area contributed by atoms with Gasteiger partial charge in [0.1, 0.15) is 5.75 Å². The van der Waals surface area contributed by atoms with Crippen molar-refractivity contribution in [3.05, 3.63) is 58.1 Å². The molecule has 0 aromatic heterocycles. The topological polar surface area (TPSA) is 64.6 Å². The Hall–Kier alpha value is -2.24. The lowest BCUT2D eigenvalue weighted by atomic mass is 10.2. The zero-order valence-corrected chi connectivity index (χ0v) is 14.4. The number of hydrogen-bond acceptors (Lipinski definition) is 4. The molecule has 24 heavy (non-hydrogen) atoms. The number of ether oxygens (including phenoxy) is 2. The van der Waals surface area contributed by atoms with E-state index in [0.29, 0.717) is 21.5 Å². The van der Waals surface area contributed by atoms with Crippen molar-refractivity contribution in [3.8, 4) is 5.75 Å². The molecule has 5 nitrogen and oxygen atoms in total. The summed E-state index contributed by atoms with van der Waals surface area (Å²) in [6.07, 6.45) is 0. The molecule has 126 valence electrons. The highest BCUT2D eigenvalue weighted by Gasteiger charge is 2.11. The fraction of sp³-hybridized carbons (Fsp3) is 0.176. The maximum absolute atomic E-state index is 11.8. The number of amides is 1. The summed E-state index contributed by atoms with van der Waals surface area (Å²) < 4.78 is 10.2. The van der Waals surface area contributed by atoms with Gasteiger partial charge >= 0.3 is 5.97 Å². The predicted molar refractivity (Wildman–Crippen MR) is 92.7 cm³/mol. The second kappa shape index (κ2) is 8.57. The summed E-state index contributed by atoms with van der Waals surface area (Å²) in [5.74, 6) is -0.564. The lowest BCUT2D eigenvalue weighted by Crippen LogP contribution is -2.23. The summed E-state index contributed by atoms with van der Waals surface area (Å²) >= 11 is 11.7. The Morgan fingerprint density at radius 2 is 1.83 bits per heavy atom. The summed E-state index contributed by atoms with van der Waals surface area (Å²) in [5.41, 5.74) is 1.29. The molecule has 0 saturated carbocycles. The summed E-state index contributed by atoms with van der Waals surface area (Å²) in [5, 5.41) is 3.28. The molecular weight excluding hydrogens is 353 g/mol. The number of esters is 1. The molecule has 2 aromatic carbocycles. The Morgan fingerprint density at radius 3 is 2.54 bits per heavy atom. The second-order valence-corrected chi connectivity index (χ2v) is 5.73. The van der Waals surface area contributed by atoms with Crippen LogP contribution in [0.3, 0.4) is 0 Å². The summed E-state index contributed by atoms with van der Waals surface area (Å²) in [6.45, 7) is 1.15. The smallest absolute Gasteiger partial charge is 0.344 e. The molecule has 0 radical (unpaired) electrons. The fourth-order valence-corrected chi connectivity index (χ4v) is 2.28. The Balaban J connectivity index is 1.77. The maximum Gasteiger partial charge on any atom is 0.344 e. The van der Waals surface area contributed by atoms with E-state index in [1.165, 1.54) is 6.07 Å². The summed E-state index contributed by atoms with van der Waals surface area (Å²) in [7, 11) is 0. The van der Waals surface area contributed by atoms with E-state index >= 15 is 0 Å². The van der Waals surface area contributed by atoms with Crippen molar-refractivity contribution in [1.29, 1.82) is 0 Å². The number of halogens is 2. The van der Waals surface area contributed by atoms with Gasteiger partial charge in [0.2, 0.25) is 0 Å². The Morgan fingerprint density at radius 1 is 1.08 bits per heavy atom. The third-order valence-corrected chi connectivity index (χ3v) is 3.56. The largest absolute Gasteiger partial charge is 0.482 e. The van der Waals surface area contributed by atoms with Gasteiger partial charge in [-0.15, -0.1) is 0 Å². The van der Waals surface area contributed by atoms with Crippen LogP contribution in [0.15, 0.2) is 42.5 Å². The zero-order chi connectivity index (χ0) is 17.5. The first kappa shape index (κ1) is 18.1. The number of aryl methyl sites for hydroxylation is 1. The van der Waals surface area contributed by atoms with Gasteiger partial charge in [-0.2, -0.15) is 0 Å². The molecular formula is C17H15Cl2NO4. The van der Waals surface area contributed by atoms with Crippen LogP contribution >= 0.6 is 23.2 Å². The first-order valence-electron chi connectivity index (χ1n) is 7.04. The molecule has 7 heteroatoms. The van der Waals surface area contributed by atoms with Crippen LogP contribution in [0.2, 0.25) is 10.0 Å². The minimum absolute atomic E-state index is 0.278. The normalized spacial score (nSPS) is 10.1. The van der Waals surface area contributed by atoms with Crippen LogP contribution in [-0.2, 0) is 14.3 Å². The van der Waals surface area contributed by atoms with Crippen molar-refractivity contribution < 1.29 is 19.1 Å². The van der Waals surface area contributed by atoms with Crippen LogP contribution < -0.4 is 10.1 Å². The average Bonchev–Trinajstić information content (AvgIpc) is 2.55. The molecule has 2 rings (SSSR count). The summed E-state index contributed by atoms with van der Waals surface area (Å²) in [4.78, 5) is 23.4. The fourth-order valence-electron chi connectivity index (χ4n) is 1.82. The third-order valence-electron chi connectivity index (χ3n) is 3.01. The molecule has 0 atom stereocenters. The van der Waals surface area contributed by atoms with Gasteiger partial charge in [0.15, 0.2) is 13.2 Å². The quantitative estimate of drug-likeness (QED) is 0.787. The highest BCUT2D eigenvalue weighted by molar-refractivity contribution is 6.36. The van der Waals surface area contributed by atoms with Crippen molar-refractivity contribution >= 4 is 40.8 Å². The van der Waals surface area contributed by atoms with Gasteiger partial charge in [-0.3, -0.25) is 4.79 Å². The predicted octanol–water partition coefficient (Wildman–Crippen LogP) is 3.86. The Kier molecular flexibility index (Phi) is 6.46. The molecule has 1 N–H and O–H groups in total. The van der Waals surface area contributed by atoms with Crippen LogP contribution in [-0.4, -0.2) is 25.1 Å². The minimum Gasteiger partial charge on any atom is -0.482 e. The number of nitrogens with one attached hydrogen (secondary N) is 1. The molecule has 0 aliphatic heterocycles. The molecule has 2 aromatic rings. The number of benzene rings is 2. The van der Waals surface area contributed by atoms with E-state index in [-0.39, 0.29) is 6.61 Å². The number of anilines is 1. The molecule has 0 spiro atoms. The van der Waals surface area contributed by atoms with E-state index in [9.17, 15) is 9.59 Å². The second-order valence-electron chi connectivity index (χ2n) is 4.89. The highest BCUT2D eigenvalue weighted by atomic mass is 35.5. The van der Waals surface area contributed by atoms with Gasteiger partial charge < -0.3 is 14.8 Å². The third kappa shape index (κ3) is 5.44. The van der Waals surface area contributed by atoms with Crippen molar-refractivity contribution in [3.63, 3.8) is 0 Å².